The third-order valence-electron chi connectivity index (χ3n) is 4.82. The van der Waals surface area contributed by atoms with Gasteiger partial charge >= 0.3 is 0 Å². The standard InChI is InChI=1S/C19H21N5O2/c1-11-8-15(11)19(25)21-12(2)18-22-17-9-16(20-10-24(17)23-18)13-4-6-14(26-3)7-5-13/h4-7,9-12,15H,8H2,1-3H3,(H,21,25)/t11-,12-,15+/m0/s1. The van der Waals surface area contributed by atoms with Crippen molar-refractivity contribution in [1.29, 1.82) is 0 Å². The molecule has 2 aromatic heterocycles. The predicted molar refractivity (Wildman–Crippen MR) is 96.6 cm³/mol. The number of methoxy groups -OCH3 is 1. The number of benzene rings is 1. The minimum Gasteiger partial charge on any atom is -0.497 e. The smallest absolute Gasteiger partial charge is 0.223 e. The van der Waals surface area contributed by atoms with E-state index in [9.17, 15) is 4.79 Å². The second-order valence-electron chi connectivity index (χ2n) is 6.83. The number of carbonyl (C=O) groups excluding carboxylic acids is 1. The first-order valence-corrected chi connectivity index (χ1v) is 8.72. The Morgan fingerprint density at radius 1 is 1.35 bits per heavy atom. The van der Waals surface area contributed by atoms with Gasteiger partial charge in [0.1, 0.15) is 12.1 Å². The molecule has 1 amide bonds. The Morgan fingerprint density at radius 3 is 2.73 bits per heavy atom. The molecule has 7 nitrogen and oxygen atoms in total. The highest BCUT2D eigenvalue weighted by Crippen LogP contribution is 2.38. The molecule has 1 aromatic carbocycles. The Labute approximate surface area is 151 Å². The summed E-state index contributed by atoms with van der Waals surface area (Å²) in [5.74, 6) is 2.08. The Hall–Kier alpha value is -2.96. The SMILES string of the molecule is COc1ccc(-c2cc3nc([C@H](C)NC(=O)[C@@H]4C[C@@H]4C)nn3cn2)cc1. The van der Waals surface area contributed by atoms with Crippen LogP contribution in [0.15, 0.2) is 36.7 Å². The van der Waals surface area contributed by atoms with E-state index in [1.54, 1.807) is 18.0 Å². The number of ether oxygens (including phenoxy) is 1. The van der Waals surface area contributed by atoms with Crippen molar-refractivity contribution < 1.29 is 9.53 Å². The van der Waals surface area contributed by atoms with Crippen molar-refractivity contribution in [2.24, 2.45) is 11.8 Å². The molecular formula is C19H21N5O2. The molecule has 0 radical (unpaired) electrons. The largest absolute Gasteiger partial charge is 0.497 e. The molecule has 3 aromatic rings. The van der Waals surface area contributed by atoms with Gasteiger partial charge < -0.3 is 10.1 Å². The number of nitrogens with one attached hydrogen (secondary N) is 1. The lowest BCUT2D eigenvalue weighted by molar-refractivity contribution is -0.123. The number of hydrogen-bond donors (Lipinski definition) is 1. The minimum absolute atomic E-state index is 0.0842. The number of aromatic nitrogens is 4. The number of carbonyl (C=O) groups is 1. The van der Waals surface area contributed by atoms with Gasteiger partial charge in [-0.3, -0.25) is 4.79 Å². The molecule has 0 unspecified atom stereocenters. The summed E-state index contributed by atoms with van der Waals surface area (Å²) in [6, 6.07) is 9.35. The fourth-order valence-corrected chi connectivity index (χ4v) is 2.99. The van der Waals surface area contributed by atoms with Gasteiger partial charge in [0, 0.05) is 17.5 Å². The lowest BCUT2D eigenvalue weighted by Gasteiger charge is -2.09. The van der Waals surface area contributed by atoms with Crippen molar-refractivity contribution in [3.63, 3.8) is 0 Å². The van der Waals surface area contributed by atoms with Gasteiger partial charge in [-0.05, 0) is 43.5 Å². The first-order chi connectivity index (χ1) is 12.5. The van der Waals surface area contributed by atoms with E-state index in [1.807, 2.05) is 37.3 Å². The van der Waals surface area contributed by atoms with E-state index in [-0.39, 0.29) is 17.9 Å². The lowest BCUT2D eigenvalue weighted by Crippen LogP contribution is -2.29. The van der Waals surface area contributed by atoms with Crippen molar-refractivity contribution in [3.05, 3.63) is 42.5 Å². The molecule has 0 saturated heterocycles. The Balaban J connectivity index is 1.55. The zero-order valence-corrected chi connectivity index (χ0v) is 15.0. The van der Waals surface area contributed by atoms with Crippen LogP contribution in [0.5, 0.6) is 5.75 Å². The van der Waals surface area contributed by atoms with Crippen molar-refractivity contribution in [3.8, 4) is 17.0 Å². The normalized spacial score (nSPS) is 20.0. The molecule has 0 aliphatic heterocycles. The van der Waals surface area contributed by atoms with Gasteiger partial charge in [-0.1, -0.05) is 6.92 Å². The fourth-order valence-electron chi connectivity index (χ4n) is 2.99. The summed E-state index contributed by atoms with van der Waals surface area (Å²) in [7, 11) is 1.64. The molecule has 1 aliphatic rings. The average molecular weight is 351 g/mol. The maximum absolute atomic E-state index is 12.1. The molecule has 1 saturated carbocycles. The van der Waals surface area contributed by atoms with Crippen LogP contribution < -0.4 is 10.1 Å². The van der Waals surface area contributed by atoms with Gasteiger partial charge in [-0.25, -0.2) is 14.5 Å². The summed E-state index contributed by atoms with van der Waals surface area (Å²) in [6.45, 7) is 3.99. The van der Waals surface area contributed by atoms with E-state index in [2.05, 4.69) is 27.3 Å². The molecule has 134 valence electrons. The van der Waals surface area contributed by atoms with Gasteiger partial charge in [0.05, 0.1) is 18.8 Å². The summed E-state index contributed by atoms with van der Waals surface area (Å²) in [6.07, 6.45) is 2.61. The van der Waals surface area contributed by atoms with Crippen molar-refractivity contribution in [1.82, 2.24) is 24.9 Å². The van der Waals surface area contributed by atoms with E-state index in [0.717, 1.165) is 23.4 Å². The van der Waals surface area contributed by atoms with Crippen molar-refractivity contribution in [2.75, 3.05) is 7.11 Å². The zero-order valence-electron chi connectivity index (χ0n) is 15.0. The highest BCUT2D eigenvalue weighted by Gasteiger charge is 2.39. The summed E-state index contributed by atoms with van der Waals surface area (Å²) >= 11 is 0. The van der Waals surface area contributed by atoms with Crippen LogP contribution in [-0.2, 0) is 4.79 Å². The maximum atomic E-state index is 12.1. The molecule has 0 spiro atoms. The molecule has 1 N–H and O–H groups in total. The van der Waals surface area contributed by atoms with Crippen LogP contribution in [0.1, 0.15) is 32.1 Å². The van der Waals surface area contributed by atoms with Crippen LogP contribution in [0.2, 0.25) is 0 Å². The third-order valence-corrected chi connectivity index (χ3v) is 4.82. The van der Waals surface area contributed by atoms with E-state index < -0.39 is 0 Å². The molecule has 1 aliphatic carbocycles. The van der Waals surface area contributed by atoms with Crippen LogP contribution in [0.3, 0.4) is 0 Å². The van der Waals surface area contributed by atoms with E-state index in [0.29, 0.717) is 17.4 Å². The quantitative estimate of drug-likeness (QED) is 0.764. The number of hydrogen-bond acceptors (Lipinski definition) is 5. The molecular weight excluding hydrogens is 330 g/mol. The highest BCUT2D eigenvalue weighted by atomic mass is 16.5. The van der Waals surface area contributed by atoms with Crippen molar-refractivity contribution in [2.45, 2.75) is 26.3 Å². The predicted octanol–water partition coefficient (Wildman–Crippen LogP) is 2.63. The van der Waals surface area contributed by atoms with Gasteiger partial charge in [-0.2, -0.15) is 0 Å². The highest BCUT2D eigenvalue weighted by molar-refractivity contribution is 5.81. The van der Waals surface area contributed by atoms with Crippen LogP contribution >= 0.6 is 0 Å². The first-order valence-electron chi connectivity index (χ1n) is 8.72. The summed E-state index contributed by atoms with van der Waals surface area (Å²) in [4.78, 5) is 21.1. The van der Waals surface area contributed by atoms with E-state index in [1.165, 1.54) is 0 Å². The van der Waals surface area contributed by atoms with Gasteiger partial charge in [0.25, 0.3) is 0 Å². The Bertz CT molecular complexity index is 950. The van der Waals surface area contributed by atoms with Gasteiger partial charge in [-0.15, -0.1) is 5.10 Å². The molecule has 2 heterocycles. The second-order valence-corrected chi connectivity index (χ2v) is 6.83. The van der Waals surface area contributed by atoms with E-state index >= 15 is 0 Å². The Kier molecular flexibility index (Phi) is 4.06. The average Bonchev–Trinajstić information content (AvgIpc) is 3.24. The minimum atomic E-state index is -0.236. The number of rotatable bonds is 5. The first kappa shape index (κ1) is 16.5. The molecule has 4 rings (SSSR count). The second kappa shape index (κ2) is 6.40. The fraction of sp³-hybridized carbons (Fsp3) is 0.368. The van der Waals surface area contributed by atoms with Crippen LogP contribution in [0.4, 0.5) is 0 Å². The topological polar surface area (TPSA) is 81.4 Å². The molecule has 26 heavy (non-hydrogen) atoms. The molecule has 3 atom stereocenters. The number of fused-ring (bicyclic) bond motifs is 1. The third kappa shape index (κ3) is 3.12. The maximum Gasteiger partial charge on any atom is 0.223 e. The molecule has 7 heteroatoms. The molecule has 0 bridgehead atoms. The van der Waals surface area contributed by atoms with Gasteiger partial charge in [0.15, 0.2) is 11.5 Å². The van der Waals surface area contributed by atoms with Crippen LogP contribution in [0.25, 0.3) is 16.9 Å². The van der Waals surface area contributed by atoms with Crippen LogP contribution in [-0.4, -0.2) is 32.6 Å². The monoisotopic (exact) mass is 351 g/mol. The van der Waals surface area contributed by atoms with Crippen molar-refractivity contribution >= 4 is 11.6 Å². The number of amides is 1. The summed E-state index contributed by atoms with van der Waals surface area (Å²) in [5, 5.41) is 7.43. The zero-order chi connectivity index (χ0) is 18.3. The van der Waals surface area contributed by atoms with Crippen LogP contribution in [0, 0.1) is 11.8 Å². The summed E-state index contributed by atoms with van der Waals surface area (Å²) in [5.41, 5.74) is 2.48. The lowest BCUT2D eigenvalue weighted by atomic mass is 10.1. The summed E-state index contributed by atoms with van der Waals surface area (Å²) < 4.78 is 6.81. The van der Waals surface area contributed by atoms with E-state index in [4.69, 9.17) is 4.74 Å². The number of nitrogens with zero attached hydrogens (tertiary/aromatic N) is 4. The molecule has 1 fully saturated rings. The van der Waals surface area contributed by atoms with Gasteiger partial charge in [0.2, 0.25) is 5.91 Å². The Morgan fingerprint density at radius 2 is 2.08 bits per heavy atom.